The van der Waals surface area contributed by atoms with Crippen LogP contribution in [-0.4, -0.2) is 66.0 Å². The number of pyridine rings is 1. The van der Waals surface area contributed by atoms with Crippen LogP contribution in [0.5, 0.6) is 0 Å². The molecule has 0 spiro atoms. The number of nitrogens with one attached hydrogen (secondary N) is 1. The molecule has 1 aromatic heterocycles. The molecule has 1 N–H and O–H groups in total. The van der Waals surface area contributed by atoms with Crippen LogP contribution in [0.1, 0.15) is 45.6 Å². The summed E-state index contributed by atoms with van der Waals surface area (Å²) >= 11 is 1.36. The summed E-state index contributed by atoms with van der Waals surface area (Å²) < 4.78 is 27.9. The van der Waals surface area contributed by atoms with E-state index in [0.29, 0.717) is 43.0 Å². The van der Waals surface area contributed by atoms with Crippen LogP contribution in [0.25, 0.3) is 0 Å². The van der Waals surface area contributed by atoms with Crippen molar-refractivity contribution in [1.82, 2.24) is 19.5 Å². The van der Waals surface area contributed by atoms with Crippen molar-refractivity contribution in [2.45, 2.75) is 67.8 Å². The summed E-state index contributed by atoms with van der Waals surface area (Å²) in [5, 5.41) is 3.57. The van der Waals surface area contributed by atoms with Gasteiger partial charge in [0.05, 0.1) is 10.3 Å². The van der Waals surface area contributed by atoms with Gasteiger partial charge in [0, 0.05) is 45.0 Å². The Balaban J connectivity index is 1.29. The lowest BCUT2D eigenvalue weighted by Crippen LogP contribution is -2.48. The van der Waals surface area contributed by atoms with Crippen LogP contribution in [0.4, 0.5) is 0 Å². The number of hydrogen-bond donors (Lipinski definition) is 1. The number of sulfonamides is 1. The van der Waals surface area contributed by atoms with E-state index in [1.165, 1.54) is 29.9 Å². The molecule has 9 heteroatoms. The van der Waals surface area contributed by atoms with Gasteiger partial charge in [-0.15, -0.1) is 0 Å². The number of nitrogens with zero attached hydrogens (tertiary/aromatic N) is 3. The third-order valence-electron chi connectivity index (χ3n) is 7.63. The van der Waals surface area contributed by atoms with E-state index in [1.807, 2.05) is 25.1 Å². The summed E-state index contributed by atoms with van der Waals surface area (Å²) in [5.74, 6) is 1.11. The van der Waals surface area contributed by atoms with E-state index >= 15 is 0 Å². The average Bonchev–Trinajstić information content (AvgIpc) is 2.88. The lowest BCUT2D eigenvalue weighted by Gasteiger charge is -2.35. The smallest absolute Gasteiger partial charge is 0.244 e. The number of thioether (sulfide) groups is 1. The first-order valence-electron chi connectivity index (χ1n) is 12.9. The highest BCUT2D eigenvalue weighted by Gasteiger charge is 2.31. The first-order valence-corrected chi connectivity index (χ1v) is 15.3. The fourth-order valence-electron chi connectivity index (χ4n) is 5.03. The zero-order valence-corrected chi connectivity index (χ0v) is 23.1. The Morgan fingerprint density at radius 2 is 1.81 bits per heavy atom. The summed E-state index contributed by atoms with van der Waals surface area (Å²) in [5.41, 5.74) is 1.23. The second-order valence-electron chi connectivity index (χ2n) is 10.1. The van der Waals surface area contributed by atoms with Crippen LogP contribution in [0.15, 0.2) is 58.6 Å². The Kier molecular flexibility index (Phi) is 9.09. The minimum Gasteiger partial charge on any atom is -0.352 e. The van der Waals surface area contributed by atoms with Gasteiger partial charge in [-0.1, -0.05) is 68.8 Å². The van der Waals surface area contributed by atoms with Crippen LogP contribution < -0.4 is 5.32 Å². The van der Waals surface area contributed by atoms with E-state index in [4.69, 9.17) is 0 Å². The Morgan fingerprint density at radius 1 is 1.08 bits per heavy atom. The van der Waals surface area contributed by atoms with Gasteiger partial charge in [0.15, 0.2) is 0 Å². The first-order chi connectivity index (χ1) is 17.2. The van der Waals surface area contributed by atoms with Gasteiger partial charge in [0.2, 0.25) is 15.9 Å². The maximum atomic E-state index is 13.2. The minimum absolute atomic E-state index is 0.0119. The number of rotatable bonds is 8. The lowest BCUT2D eigenvalue weighted by atomic mass is 9.78. The molecule has 2 aliphatic rings. The van der Waals surface area contributed by atoms with Gasteiger partial charge in [-0.25, -0.2) is 13.4 Å². The van der Waals surface area contributed by atoms with Crippen molar-refractivity contribution in [3.63, 3.8) is 0 Å². The SMILES string of the molecule is C[C@@H]1[C@@H](C)CCC[C@H]1NC(=O)[C@H](C)Sc1ccc(S(=O)(=O)N2CCN(Cc3ccccc3)CC2)cn1. The summed E-state index contributed by atoms with van der Waals surface area (Å²) in [7, 11) is -3.59. The Morgan fingerprint density at radius 3 is 2.47 bits per heavy atom. The van der Waals surface area contributed by atoms with Gasteiger partial charge in [0.1, 0.15) is 4.90 Å². The normalized spacial score (nSPS) is 24.8. The summed E-state index contributed by atoms with van der Waals surface area (Å²) in [6, 6.07) is 13.8. The molecule has 1 aliphatic carbocycles. The molecule has 1 aliphatic heterocycles. The molecular formula is C27H38N4O3S2. The zero-order valence-electron chi connectivity index (χ0n) is 21.5. The number of benzene rings is 1. The molecule has 196 valence electrons. The molecule has 0 bridgehead atoms. The molecule has 7 nitrogen and oxygen atoms in total. The third-order valence-corrected chi connectivity index (χ3v) is 10.6. The van der Waals surface area contributed by atoms with Crippen LogP contribution in [0.3, 0.4) is 0 Å². The monoisotopic (exact) mass is 530 g/mol. The predicted molar refractivity (Wildman–Crippen MR) is 144 cm³/mol. The maximum Gasteiger partial charge on any atom is 0.244 e. The number of amides is 1. The van der Waals surface area contributed by atoms with Crippen LogP contribution in [0.2, 0.25) is 0 Å². The van der Waals surface area contributed by atoms with Crippen LogP contribution >= 0.6 is 11.8 Å². The van der Waals surface area contributed by atoms with Crippen molar-refractivity contribution in [2.24, 2.45) is 11.8 Å². The second-order valence-corrected chi connectivity index (χ2v) is 13.4. The van der Waals surface area contributed by atoms with Gasteiger partial charge in [-0.2, -0.15) is 4.31 Å². The molecule has 1 saturated carbocycles. The van der Waals surface area contributed by atoms with Crippen LogP contribution in [-0.2, 0) is 21.4 Å². The fourth-order valence-corrected chi connectivity index (χ4v) is 7.19. The number of carbonyl (C=O) groups is 1. The summed E-state index contributed by atoms with van der Waals surface area (Å²) in [6.45, 7) is 9.48. The van der Waals surface area contributed by atoms with Crippen molar-refractivity contribution in [2.75, 3.05) is 26.2 Å². The highest BCUT2D eigenvalue weighted by molar-refractivity contribution is 8.00. The fraction of sp³-hybridized carbons (Fsp3) is 0.556. The van der Waals surface area contributed by atoms with Crippen molar-refractivity contribution >= 4 is 27.7 Å². The molecule has 1 aromatic carbocycles. The molecule has 4 rings (SSSR count). The molecule has 36 heavy (non-hydrogen) atoms. The van der Waals surface area contributed by atoms with Crippen LogP contribution in [0, 0.1) is 11.8 Å². The van der Waals surface area contributed by atoms with E-state index in [9.17, 15) is 13.2 Å². The Bertz CT molecular complexity index is 1100. The van der Waals surface area contributed by atoms with Gasteiger partial charge in [-0.05, 0) is 42.9 Å². The van der Waals surface area contributed by atoms with E-state index < -0.39 is 10.0 Å². The third kappa shape index (κ3) is 6.68. The molecule has 0 unspecified atom stereocenters. The Labute approximate surface area is 220 Å². The molecule has 1 saturated heterocycles. The predicted octanol–water partition coefficient (Wildman–Crippen LogP) is 4.01. The first kappa shape index (κ1) is 27.1. The molecule has 2 aromatic rings. The molecule has 4 atom stereocenters. The highest BCUT2D eigenvalue weighted by Crippen LogP contribution is 2.30. The molecule has 2 fully saturated rings. The Hall–Kier alpha value is -1.94. The van der Waals surface area contributed by atoms with E-state index in [2.05, 4.69) is 41.2 Å². The second kappa shape index (κ2) is 12.1. The lowest BCUT2D eigenvalue weighted by molar-refractivity contribution is -0.121. The number of aromatic nitrogens is 1. The topological polar surface area (TPSA) is 82.6 Å². The van der Waals surface area contributed by atoms with Crippen molar-refractivity contribution < 1.29 is 13.2 Å². The van der Waals surface area contributed by atoms with Crippen molar-refractivity contribution in [3.05, 3.63) is 54.2 Å². The zero-order chi connectivity index (χ0) is 25.7. The molecule has 0 radical (unpaired) electrons. The van der Waals surface area contributed by atoms with Gasteiger partial charge >= 0.3 is 0 Å². The van der Waals surface area contributed by atoms with Crippen molar-refractivity contribution in [1.29, 1.82) is 0 Å². The quantitative estimate of drug-likeness (QED) is 0.520. The largest absolute Gasteiger partial charge is 0.352 e. The number of piperazine rings is 1. The maximum absolute atomic E-state index is 13.2. The van der Waals surface area contributed by atoms with E-state index in [-0.39, 0.29) is 22.1 Å². The summed E-state index contributed by atoms with van der Waals surface area (Å²) in [4.78, 5) is 19.6. The summed E-state index contributed by atoms with van der Waals surface area (Å²) in [6.07, 6.45) is 4.82. The van der Waals surface area contributed by atoms with Gasteiger partial charge in [-0.3, -0.25) is 9.69 Å². The van der Waals surface area contributed by atoms with E-state index in [1.54, 1.807) is 16.4 Å². The number of hydrogen-bond acceptors (Lipinski definition) is 6. The molecular weight excluding hydrogens is 492 g/mol. The van der Waals surface area contributed by atoms with Gasteiger partial charge < -0.3 is 5.32 Å². The van der Waals surface area contributed by atoms with E-state index in [0.717, 1.165) is 19.4 Å². The highest BCUT2D eigenvalue weighted by atomic mass is 32.2. The minimum atomic E-state index is -3.59. The standard InChI is InChI=1S/C27H38N4O3S2/c1-20-8-7-11-25(21(20)2)29-27(32)22(3)35-26-13-12-24(18-28-26)36(33,34)31-16-14-30(15-17-31)19-23-9-5-4-6-10-23/h4-6,9-10,12-13,18,20-22,25H,7-8,11,14-17,19H2,1-3H3,(H,29,32)/t20-,21+,22-,25+/m0/s1. The van der Waals surface area contributed by atoms with Crippen molar-refractivity contribution in [3.8, 4) is 0 Å². The molecule has 2 heterocycles. The average molecular weight is 531 g/mol. The van der Waals surface area contributed by atoms with Gasteiger partial charge in [0.25, 0.3) is 0 Å². The number of carbonyl (C=O) groups excluding carboxylic acids is 1. The molecule has 1 amide bonds.